The molecule has 0 aliphatic heterocycles. The predicted octanol–water partition coefficient (Wildman–Crippen LogP) is 2.62. The van der Waals surface area contributed by atoms with Gasteiger partial charge in [-0.15, -0.1) is 6.58 Å². The average Bonchev–Trinajstić information content (AvgIpc) is 2.27. The minimum Gasteiger partial charge on any atom is -0.496 e. The highest BCUT2D eigenvalue weighted by Crippen LogP contribution is 2.21. The lowest BCUT2D eigenvalue weighted by Crippen LogP contribution is -2.02. The largest absolute Gasteiger partial charge is 0.506 e. The summed E-state index contributed by atoms with van der Waals surface area (Å²) >= 11 is 0. The first kappa shape index (κ1) is 12.1. The molecule has 1 N–H and O–H groups in total. The van der Waals surface area contributed by atoms with Crippen LogP contribution in [-0.4, -0.2) is 18.4 Å². The first-order chi connectivity index (χ1) is 7.67. The third-order valence-electron chi connectivity index (χ3n) is 2.08. The number of allylic oxidation sites excluding steroid dienone is 1. The Morgan fingerprint density at radius 2 is 2.31 bits per heavy atom. The lowest BCUT2D eigenvalue weighted by molar-refractivity contribution is 0.0847. The molecule has 0 saturated carbocycles. The molecule has 16 heavy (non-hydrogen) atoms. The van der Waals surface area contributed by atoms with Gasteiger partial charge in [-0.25, -0.2) is 4.79 Å². The number of hydrogen-bond donors (Lipinski definition) is 1. The van der Waals surface area contributed by atoms with Crippen LogP contribution in [0.3, 0.4) is 0 Å². The van der Waals surface area contributed by atoms with E-state index in [0.717, 1.165) is 12.0 Å². The molecule has 0 saturated heterocycles. The number of carbonyl (C=O) groups is 1. The highest BCUT2D eigenvalue weighted by molar-refractivity contribution is 5.57. The zero-order chi connectivity index (χ0) is 12.0. The molecule has 0 aliphatic carbocycles. The van der Waals surface area contributed by atoms with Gasteiger partial charge in [0.1, 0.15) is 12.4 Å². The standard InChI is InChI=1S/C12H14O4/c1-3-4-9-5-6-10(8-16-12(13)14)11(7-9)15-2/h3,5-7H,1,4,8H2,2H3,(H,13,14). The van der Waals surface area contributed by atoms with Crippen LogP contribution in [0.15, 0.2) is 30.9 Å². The summed E-state index contributed by atoms with van der Waals surface area (Å²) in [4.78, 5) is 10.3. The van der Waals surface area contributed by atoms with Crippen molar-refractivity contribution in [1.29, 1.82) is 0 Å². The summed E-state index contributed by atoms with van der Waals surface area (Å²) in [5.41, 5.74) is 1.77. The zero-order valence-corrected chi connectivity index (χ0v) is 9.10. The van der Waals surface area contributed by atoms with Crippen molar-refractivity contribution >= 4 is 6.16 Å². The maximum Gasteiger partial charge on any atom is 0.506 e. The molecule has 0 atom stereocenters. The zero-order valence-electron chi connectivity index (χ0n) is 9.10. The molecule has 0 bridgehead atoms. The lowest BCUT2D eigenvalue weighted by Gasteiger charge is -2.09. The van der Waals surface area contributed by atoms with Gasteiger partial charge in [-0.3, -0.25) is 0 Å². The van der Waals surface area contributed by atoms with Gasteiger partial charge in [0.25, 0.3) is 0 Å². The van der Waals surface area contributed by atoms with E-state index in [-0.39, 0.29) is 6.61 Å². The summed E-state index contributed by atoms with van der Waals surface area (Å²) in [6.45, 7) is 3.64. The fourth-order valence-electron chi connectivity index (χ4n) is 1.34. The fraction of sp³-hybridized carbons (Fsp3) is 0.250. The van der Waals surface area contributed by atoms with Crippen molar-refractivity contribution < 1.29 is 19.4 Å². The average molecular weight is 222 g/mol. The second kappa shape index (κ2) is 5.80. The van der Waals surface area contributed by atoms with Gasteiger partial charge in [0.2, 0.25) is 0 Å². The summed E-state index contributed by atoms with van der Waals surface area (Å²) in [5, 5.41) is 8.40. The summed E-state index contributed by atoms with van der Waals surface area (Å²) in [6.07, 6.45) is 1.25. The molecule has 0 unspecified atom stereocenters. The van der Waals surface area contributed by atoms with E-state index >= 15 is 0 Å². The maximum absolute atomic E-state index is 10.3. The molecule has 1 rings (SSSR count). The predicted molar refractivity (Wildman–Crippen MR) is 59.7 cm³/mol. The molecule has 4 nitrogen and oxygen atoms in total. The van der Waals surface area contributed by atoms with Crippen LogP contribution in [0.1, 0.15) is 11.1 Å². The second-order valence-corrected chi connectivity index (χ2v) is 3.19. The summed E-state index contributed by atoms with van der Waals surface area (Å²) in [7, 11) is 1.54. The number of ether oxygens (including phenoxy) is 2. The summed E-state index contributed by atoms with van der Waals surface area (Å²) < 4.78 is 9.64. The molecular formula is C12H14O4. The molecule has 0 spiro atoms. The van der Waals surface area contributed by atoms with Crippen LogP contribution < -0.4 is 4.74 Å². The van der Waals surface area contributed by atoms with Crippen molar-refractivity contribution in [3.63, 3.8) is 0 Å². The topological polar surface area (TPSA) is 55.8 Å². The van der Waals surface area contributed by atoms with E-state index < -0.39 is 6.16 Å². The van der Waals surface area contributed by atoms with Gasteiger partial charge in [-0.2, -0.15) is 0 Å². The monoisotopic (exact) mass is 222 g/mol. The van der Waals surface area contributed by atoms with Crippen LogP contribution in [0.5, 0.6) is 5.75 Å². The molecule has 86 valence electrons. The van der Waals surface area contributed by atoms with Crippen molar-refractivity contribution in [2.24, 2.45) is 0 Å². The third kappa shape index (κ3) is 3.31. The Balaban J connectivity index is 2.83. The van der Waals surface area contributed by atoms with Gasteiger partial charge in [-0.1, -0.05) is 18.2 Å². The van der Waals surface area contributed by atoms with E-state index in [1.807, 2.05) is 12.1 Å². The van der Waals surface area contributed by atoms with E-state index in [9.17, 15) is 4.79 Å². The number of rotatable bonds is 5. The number of methoxy groups -OCH3 is 1. The molecule has 0 amide bonds. The smallest absolute Gasteiger partial charge is 0.496 e. The molecule has 0 aliphatic rings. The van der Waals surface area contributed by atoms with E-state index in [1.165, 1.54) is 7.11 Å². The molecule has 0 fully saturated rings. The molecular weight excluding hydrogens is 208 g/mol. The van der Waals surface area contributed by atoms with Crippen LogP contribution in [0.2, 0.25) is 0 Å². The lowest BCUT2D eigenvalue weighted by atomic mass is 10.1. The van der Waals surface area contributed by atoms with Crippen molar-refractivity contribution in [3.05, 3.63) is 42.0 Å². The molecule has 1 aromatic carbocycles. The van der Waals surface area contributed by atoms with Gasteiger partial charge in [0.15, 0.2) is 0 Å². The SMILES string of the molecule is C=CCc1ccc(COC(=O)O)c(OC)c1. The van der Waals surface area contributed by atoms with Crippen LogP contribution >= 0.6 is 0 Å². The fourth-order valence-corrected chi connectivity index (χ4v) is 1.34. The quantitative estimate of drug-likeness (QED) is 0.614. The van der Waals surface area contributed by atoms with Gasteiger partial charge in [0, 0.05) is 5.56 Å². The Hall–Kier alpha value is -1.97. The minimum absolute atomic E-state index is 0.00707. The van der Waals surface area contributed by atoms with Crippen molar-refractivity contribution in [1.82, 2.24) is 0 Å². The van der Waals surface area contributed by atoms with Gasteiger partial charge >= 0.3 is 6.16 Å². The first-order valence-corrected chi connectivity index (χ1v) is 4.79. The van der Waals surface area contributed by atoms with E-state index in [1.54, 1.807) is 12.1 Å². The van der Waals surface area contributed by atoms with Crippen molar-refractivity contribution in [2.75, 3.05) is 7.11 Å². The Morgan fingerprint density at radius 3 is 2.88 bits per heavy atom. The van der Waals surface area contributed by atoms with Gasteiger partial charge in [-0.05, 0) is 18.1 Å². The molecule has 4 heteroatoms. The Bertz CT molecular complexity index is 385. The normalized spacial score (nSPS) is 9.56. The van der Waals surface area contributed by atoms with E-state index in [4.69, 9.17) is 9.84 Å². The number of hydrogen-bond acceptors (Lipinski definition) is 3. The number of benzene rings is 1. The second-order valence-electron chi connectivity index (χ2n) is 3.19. The van der Waals surface area contributed by atoms with Crippen LogP contribution in [0.4, 0.5) is 4.79 Å². The van der Waals surface area contributed by atoms with Crippen molar-refractivity contribution in [2.45, 2.75) is 13.0 Å². The minimum atomic E-state index is -1.29. The van der Waals surface area contributed by atoms with Crippen molar-refractivity contribution in [3.8, 4) is 5.75 Å². The molecule has 1 aromatic rings. The van der Waals surface area contributed by atoms with Crippen LogP contribution in [0, 0.1) is 0 Å². The maximum atomic E-state index is 10.3. The Kier molecular flexibility index (Phi) is 4.39. The van der Waals surface area contributed by atoms with Gasteiger partial charge in [0.05, 0.1) is 7.11 Å². The van der Waals surface area contributed by atoms with E-state index in [2.05, 4.69) is 11.3 Å². The van der Waals surface area contributed by atoms with Gasteiger partial charge < -0.3 is 14.6 Å². The molecule has 0 radical (unpaired) electrons. The first-order valence-electron chi connectivity index (χ1n) is 4.79. The van der Waals surface area contributed by atoms with Crippen LogP contribution in [-0.2, 0) is 17.8 Å². The summed E-state index contributed by atoms with van der Waals surface area (Å²) in [5.74, 6) is 0.626. The third-order valence-corrected chi connectivity index (χ3v) is 2.08. The number of carboxylic acid groups (broad SMARTS) is 1. The van der Waals surface area contributed by atoms with E-state index in [0.29, 0.717) is 11.3 Å². The Morgan fingerprint density at radius 1 is 1.56 bits per heavy atom. The summed E-state index contributed by atoms with van der Waals surface area (Å²) in [6, 6.07) is 5.54. The van der Waals surface area contributed by atoms with Crippen LogP contribution in [0.25, 0.3) is 0 Å². The molecule has 0 heterocycles. The highest BCUT2D eigenvalue weighted by atomic mass is 16.7. The highest BCUT2D eigenvalue weighted by Gasteiger charge is 2.06. The molecule has 0 aromatic heterocycles. The Labute approximate surface area is 94.1 Å².